The number of aliphatic hydroxyl groups excluding tert-OH is 1. The van der Waals surface area contributed by atoms with Gasteiger partial charge in [0.25, 0.3) is 0 Å². The van der Waals surface area contributed by atoms with Crippen LogP contribution in [0.5, 0.6) is 5.75 Å². The number of para-hydroxylation sites is 2. The molecule has 0 aromatic heterocycles. The van der Waals surface area contributed by atoms with Crippen LogP contribution in [-0.4, -0.2) is 60.0 Å². The number of hydrogen-bond donors (Lipinski definition) is 3. The van der Waals surface area contributed by atoms with Crippen molar-refractivity contribution in [1.29, 1.82) is 0 Å². The third-order valence-corrected chi connectivity index (χ3v) is 7.04. The number of hydrogen-bond acceptors (Lipinski definition) is 5. The van der Waals surface area contributed by atoms with Crippen molar-refractivity contribution in [1.82, 2.24) is 4.90 Å². The third-order valence-electron chi connectivity index (χ3n) is 6.80. The molecule has 2 atom stereocenters. The largest absolute Gasteiger partial charge is 0.487 e. The van der Waals surface area contributed by atoms with Crippen LogP contribution in [0.2, 0.25) is 5.02 Å². The number of nitrogens with two attached hydrogens (primary N) is 1. The number of β-amino-alcohol motifs (C(OH)–C–C–N with tert-alkyl or cyclic N) is 1. The van der Waals surface area contributed by atoms with Crippen LogP contribution in [0.3, 0.4) is 0 Å². The van der Waals surface area contributed by atoms with Gasteiger partial charge in [0, 0.05) is 50.5 Å². The van der Waals surface area contributed by atoms with E-state index in [0.717, 1.165) is 48.8 Å². The maximum Gasteiger partial charge on any atom is 0.316 e. The van der Waals surface area contributed by atoms with Gasteiger partial charge in [0.05, 0.1) is 23.5 Å². The number of fused-ring (bicyclic) bond motifs is 1. The van der Waals surface area contributed by atoms with Gasteiger partial charge < -0.3 is 25.8 Å². The minimum absolute atomic E-state index is 0.0391. The van der Waals surface area contributed by atoms with Crippen molar-refractivity contribution in [3.63, 3.8) is 0 Å². The van der Waals surface area contributed by atoms with Crippen molar-refractivity contribution in [2.75, 3.05) is 36.4 Å². The summed E-state index contributed by atoms with van der Waals surface area (Å²) in [5.74, 6) is 0.948. The van der Waals surface area contributed by atoms with Crippen LogP contribution in [0.25, 0.3) is 0 Å². The Morgan fingerprint density at radius 2 is 1.97 bits per heavy atom. The summed E-state index contributed by atoms with van der Waals surface area (Å²) < 4.78 is 6.36. The molecule has 0 saturated carbocycles. The number of piperidine rings is 1. The molecule has 3 heterocycles. The van der Waals surface area contributed by atoms with E-state index in [-0.39, 0.29) is 11.6 Å². The summed E-state index contributed by atoms with van der Waals surface area (Å²) in [7, 11) is 0. The first-order valence-electron chi connectivity index (χ1n) is 10.7. The average Bonchev–Trinajstić information content (AvgIpc) is 3.28. The number of aliphatic hydroxyl groups is 1. The summed E-state index contributed by atoms with van der Waals surface area (Å²) in [6, 6.07) is 12.8. The van der Waals surface area contributed by atoms with Crippen molar-refractivity contribution >= 4 is 29.0 Å². The first kappa shape index (κ1) is 20.4. The fraction of sp³-hybridized carbons (Fsp3) is 0.435. The Morgan fingerprint density at radius 3 is 2.74 bits per heavy atom. The van der Waals surface area contributed by atoms with Gasteiger partial charge in [-0.05, 0) is 35.9 Å². The number of carbonyl (C=O) groups is 1. The predicted octanol–water partition coefficient (Wildman–Crippen LogP) is 2.85. The number of carbonyl (C=O) groups excluding carboxylic acids is 1. The van der Waals surface area contributed by atoms with Gasteiger partial charge in [-0.1, -0.05) is 23.7 Å². The van der Waals surface area contributed by atoms with E-state index in [2.05, 4.69) is 15.1 Å². The number of likely N-dealkylation sites (tertiary alicyclic amines) is 1. The lowest BCUT2D eigenvalue weighted by atomic mass is 9.86. The quantitative estimate of drug-likeness (QED) is 0.680. The second-order valence-corrected chi connectivity index (χ2v) is 9.23. The van der Waals surface area contributed by atoms with Crippen molar-refractivity contribution in [2.24, 2.45) is 5.73 Å². The van der Waals surface area contributed by atoms with Gasteiger partial charge in [0.2, 0.25) is 0 Å². The van der Waals surface area contributed by atoms with Crippen LogP contribution in [0.15, 0.2) is 42.5 Å². The molecule has 4 N–H and O–H groups in total. The monoisotopic (exact) mass is 442 g/mol. The SMILES string of the molecule is NC(=O)Nc1ccccc1N1CC(N2CCC3(CC2)Cc2cc(Cl)ccc2O3)[C@H](O)C1. The Kier molecular flexibility index (Phi) is 5.20. The number of ether oxygens (including phenoxy) is 1. The highest BCUT2D eigenvalue weighted by atomic mass is 35.5. The summed E-state index contributed by atoms with van der Waals surface area (Å²) in [6.45, 7) is 2.96. The van der Waals surface area contributed by atoms with E-state index in [9.17, 15) is 9.90 Å². The minimum Gasteiger partial charge on any atom is -0.487 e. The molecule has 2 amide bonds. The van der Waals surface area contributed by atoms with E-state index < -0.39 is 12.1 Å². The number of amides is 2. The van der Waals surface area contributed by atoms with E-state index in [4.69, 9.17) is 22.1 Å². The third kappa shape index (κ3) is 3.93. The Balaban J connectivity index is 1.25. The first-order chi connectivity index (χ1) is 14.9. The summed E-state index contributed by atoms with van der Waals surface area (Å²) >= 11 is 6.15. The maximum atomic E-state index is 11.4. The Hall–Kier alpha value is -2.48. The summed E-state index contributed by atoms with van der Waals surface area (Å²) in [4.78, 5) is 15.8. The Morgan fingerprint density at radius 1 is 1.19 bits per heavy atom. The van der Waals surface area contributed by atoms with Crippen molar-refractivity contribution in [2.45, 2.75) is 37.0 Å². The molecule has 1 spiro atoms. The maximum absolute atomic E-state index is 11.4. The van der Waals surface area contributed by atoms with Crippen molar-refractivity contribution < 1.29 is 14.6 Å². The molecule has 2 fully saturated rings. The molecule has 2 aromatic carbocycles. The van der Waals surface area contributed by atoms with Gasteiger partial charge in [-0.3, -0.25) is 4.90 Å². The summed E-state index contributed by atoms with van der Waals surface area (Å²) in [5.41, 5.74) is 7.88. The molecule has 2 aromatic rings. The lowest BCUT2D eigenvalue weighted by Crippen LogP contribution is -2.53. The number of nitrogens with zero attached hydrogens (tertiary/aromatic N) is 2. The molecule has 1 unspecified atom stereocenters. The van der Waals surface area contributed by atoms with Crippen LogP contribution in [0.1, 0.15) is 18.4 Å². The molecule has 5 rings (SSSR count). The molecule has 7 nitrogen and oxygen atoms in total. The van der Waals surface area contributed by atoms with E-state index in [0.29, 0.717) is 18.8 Å². The van der Waals surface area contributed by atoms with E-state index in [1.807, 2.05) is 42.5 Å². The molecular weight excluding hydrogens is 416 g/mol. The Bertz CT molecular complexity index is 993. The smallest absolute Gasteiger partial charge is 0.316 e. The standard InChI is InChI=1S/C23H27ClN4O3/c24-16-5-6-21-15(11-16)12-23(31-21)7-9-27(10-8-23)19-13-28(14-20(19)29)18-4-2-1-3-17(18)26-22(25)30/h1-6,11,19-20,29H,7-10,12-14H2,(H3,25,26,30)/t19?,20-/m1/s1. The van der Waals surface area contributed by atoms with Gasteiger partial charge in [-0.15, -0.1) is 0 Å². The molecule has 2 saturated heterocycles. The molecule has 0 bridgehead atoms. The average molecular weight is 443 g/mol. The molecule has 0 aliphatic carbocycles. The fourth-order valence-electron chi connectivity index (χ4n) is 5.26. The molecule has 164 valence electrons. The van der Waals surface area contributed by atoms with Gasteiger partial charge >= 0.3 is 6.03 Å². The molecule has 8 heteroatoms. The molecule has 3 aliphatic rings. The van der Waals surface area contributed by atoms with Crippen LogP contribution in [-0.2, 0) is 6.42 Å². The van der Waals surface area contributed by atoms with Crippen LogP contribution in [0.4, 0.5) is 16.2 Å². The zero-order chi connectivity index (χ0) is 21.6. The number of rotatable bonds is 3. The predicted molar refractivity (Wildman–Crippen MR) is 121 cm³/mol. The number of halogens is 1. The van der Waals surface area contributed by atoms with E-state index in [1.54, 1.807) is 0 Å². The van der Waals surface area contributed by atoms with Crippen LogP contribution in [0, 0.1) is 0 Å². The van der Waals surface area contributed by atoms with Crippen LogP contribution < -0.4 is 20.7 Å². The molecular formula is C23H27ClN4O3. The van der Waals surface area contributed by atoms with Crippen molar-refractivity contribution in [3.05, 3.63) is 53.1 Å². The second-order valence-electron chi connectivity index (χ2n) is 8.80. The molecule has 3 aliphatic heterocycles. The van der Waals surface area contributed by atoms with Crippen LogP contribution >= 0.6 is 11.6 Å². The number of nitrogens with one attached hydrogen (secondary N) is 1. The molecule has 31 heavy (non-hydrogen) atoms. The van der Waals surface area contributed by atoms with E-state index in [1.165, 1.54) is 5.56 Å². The number of primary amides is 1. The van der Waals surface area contributed by atoms with Gasteiger partial charge in [0.1, 0.15) is 11.4 Å². The number of benzene rings is 2. The number of anilines is 2. The fourth-order valence-corrected chi connectivity index (χ4v) is 5.45. The normalized spacial score (nSPS) is 24.8. The summed E-state index contributed by atoms with van der Waals surface area (Å²) in [6.07, 6.45) is 2.27. The van der Waals surface area contributed by atoms with Gasteiger partial charge in [0.15, 0.2) is 0 Å². The van der Waals surface area contributed by atoms with E-state index >= 15 is 0 Å². The first-order valence-corrected chi connectivity index (χ1v) is 11.1. The van der Waals surface area contributed by atoms with Gasteiger partial charge in [-0.25, -0.2) is 4.79 Å². The second kappa shape index (κ2) is 7.89. The Labute approximate surface area is 186 Å². The zero-order valence-electron chi connectivity index (χ0n) is 17.3. The lowest BCUT2D eigenvalue weighted by molar-refractivity contribution is -0.0107. The lowest BCUT2D eigenvalue weighted by Gasteiger charge is -2.41. The minimum atomic E-state index is -0.594. The molecule has 0 radical (unpaired) electrons. The highest BCUT2D eigenvalue weighted by Crippen LogP contribution is 2.42. The topological polar surface area (TPSA) is 91.1 Å². The highest BCUT2D eigenvalue weighted by Gasteiger charge is 2.45. The van der Waals surface area contributed by atoms with Gasteiger partial charge in [-0.2, -0.15) is 0 Å². The van der Waals surface area contributed by atoms with Crippen molar-refractivity contribution in [3.8, 4) is 5.75 Å². The number of urea groups is 1. The highest BCUT2D eigenvalue weighted by molar-refractivity contribution is 6.30. The zero-order valence-corrected chi connectivity index (χ0v) is 18.0. The summed E-state index contributed by atoms with van der Waals surface area (Å²) in [5, 5.41) is 14.3.